The van der Waals surface area contributed by atoms with Gasteiger partial charge < -0.3 is 20.3 Å². The Morgan fingerprint density at radius 3 is 2.66 bits per heavy atom. The Bertz CT molecular complexity index is 887. The van der Waals surface area contributed by atoms with Crippen LogP contribution in [0.1, 0.15) is 12.8 Å². The van der Waals surface area contributed by atoms with Crippen molar-refractivity contribution in [1.29, 1.82) is 0 Å². The number of hydrogen-bond donors (Lipinski definition) is 2. The lowest BCUT2D eigenvalue weighted by molar-refractivity contribution is -0.124. The van der Waals surface area contributed by atoms with E-state index in [0.717, 1.165) is 0 Å². The lowest BCUT2D eigenvalue weighted by atomic mass is 9.71. The summed E-state index contributed by atoms with van der Waals surface area (Å²) in [5.74, 6) is -0.898. The SMILES string of the molecule is O=C(Nc1cccnc1)C1CN(C(=O)Nc2cccc(F)c2)CC12CCOCC2. The summed E-state index contributed by atoms with van der Waals surface area (Å²) in [7, 11) is 0. The number of likely N-dealkylation sites (tertiary alicyclic amines) is 1. The van der Waals surface area contributed by atoms with Gasteiger partial charge in [0.2, 0.25) is 5.91 Å². The molecule has 0 aliphatic carbocycles. The van der Waals surface area contributed by atoms with Gasteiger partial charge in [-0.1, -0.05) is 6.07 Å². The van der Waals surface area contributed by atoms with Crippen molar-refractivity contribution in [2.45, 2.75) is 12.8 Å². The Morgan fingerprint density at radius 2 is 1.93 bits per heavy atom. The van der Waals surface area contributed by atoms with Crippen LogP contribution < -0.4 is 10.6 Å². The number of ether oxygens (including phenoxy) is 1. The minimum absolute atomic E-state index is 0.124. The smallest absolute Gasteiger partial charge is 0.321 e. The molecule has 1 unspecified atom stereocenters. The van der Waals surface area contributed by atoms with Gasteiger partial charge >= 0.3 is 6.03 Å². The van der Waals surface area contributed by atoms with Gasteiger partial charge in [0.25, 0.3) is 0 Å². The maximum atomic E-state index is 13.4. The Balaban J connectivity index is 1.51. The number of benzene rings is 1. The van der Waals surface area contributed by atoms with E-state index < -0.39 is 5.82 Å². The molecule has 7 nitrogen and oxygen atoms in total. The first-order chi connectivity index (χ1) is 14.1. The van der Waals surface area contributed by atoms with Gasteiger partial charge in [0, 0.05) is 43.6 Å². The van der Waals surface area contributed by atoms with Crippen molar-refractivity contribution in [1.82, 2.24) is 9.88 Å². The van der Waals surface area contributed by atoms with Gasteiger partial charge in [0.15, 0.2) is 0 Å². The Hall–Kier alpha value is -3.00. The number of halogens is 1. The second kappa shape index (κ2) is 8.16. The van der Waals surface area contributed by atoms with E-state index in [1.54, 1.807) is 41.6 Å². The molecule has 2 aromatic rings. The molecule has 1 spiro atoms. The molecule has 1 aromatic heterocycles. The summed E-state index contributed by atoms with van der Waals surface area (Å²) >= 11 is 0. The number of nitrogens with one attached hydrogen (secondary N) is 2. The van der Waals surface area contributed by atoms with Crippen molar-refractivity contribution in [2.24, 2.45) is 11.3 Å². The summed E-state index contributed by atoms with van der Waals surface area (Å²) in [5.41, 5.74) is 0.686. The van der Waals surface area contributed by atoms with Gasteiger partial charge in [-0.25, -0.2) is 9.18 Å². The summed E-state index contributed by atoms with van der Waals surface area (Å²) in [4.78, 5) is 31.5. The van der Waals surface area contributed by atoms with Gasteiger partial charge in [0.1, 0.15) is 5.82 Å². The molecule has 3 heterocycles. The second-order valence-corrected chi connectivity index (χ2v) is 7.58. The number of amides is 3. The monoisotopic (exact) mass is 398 g/mol. The first-order valence-corrected chi connectivity index (χ1v) is 9.66. The standard InChI is InChI=1S/C21H23FN4O3/c22-15-3-1-4-16(11-15)25-20(28)26-13-18(21(14-26)6-9-29-10-7-21)19(27)24-17-5-2-8-23-12-17/h1-5,8,11-12,18H,6-7,9-10,13-14H2,(H,24,27)(H,25,28). The van der Waals surface area contributed by atoms with Crippen molar-refractivity contribution < 1.29 is 18.7 Å². The fourth-order valence-electron chi connectivity index (χ4n) is 4.20. The molecule has 1 aromatic carbocycles. The summed E-state index contributed by atoms with van der Waals surface area (Å²) < 4.78 is 18.9. The summed E-state index contributed by atoms with van der Waals surface area (Å²) in [6, 6.07) is 8.97. The lowest BCUT2D eigenvalue weighted by Gasteiger charge is -2.37. The molecule has 2 aliphatic rings. The van der Waals surface area contributed by atoms with Crippen LogP contribution in [0.25, 0.3) is 0 Å². The zero-order chi connectivity index (χ0) is 20.3. The maximum absolute atomic E-state index is 13.4. The van der Waals surface area contributed by atoms with Crippen LogP contribution in [0, 0.1) is 17.2 Å². The predicted molar refractivity (Wildman–Crippen MR) is 106 cm³/mol. The summed E-state index contributed by atoms with van der Waals surface area (Å²) in [5, 5.41) is 5.65. The van der Waals surface area contributed by atoms with E-state index in [1.807, 2.05) is 0 Å². The number of rotatable bonds is 3. The van der Waals surface area contributed by atoms with Crippen molar-refractivity contribution in [3.8, 4) is 0 Å². The van der Waals surface area contributed by atoms with Crippen LogP contribution in [-0.4, -0.2) is 48.1 Å². The molecule has 2 fully saturated rings. The largest absolute Gasteiger partial charge is 0.381 e. The van der Waals surface area contributed by atoms with Crippen LogP contribution in [0.2, 0.25) is 0 Å². The number of carbonyl (C=O) groups is 2. The Kier molecular flexibility index (Phi) is 5.44. The van der Waals surface area contributed by atoms with Gasteiger partial charge in [-0.15, -0.1) is 0 Å². The van der Waals surface area contributed by atoms with Gasteiger partial charge in [-0.05, 0) is 43.2 Å². The van der Waals surface area contributed by atoms with E-state index in [0.29, 0.717) is 50.5 Å². The Morgan fingerprint density at radius 1 is 1.14 bits per heavy atom. The van der Waals surface area contributed by atoms with E-state index >= 15 is 0 Å². The van der Waals surface area contributed by atoms with Crippen LogP contribution >= 0.6 is 0 Å². The quantitative estimate of drug-likeness (QED) is 0.832. The zero-order valence-electron chi connectivity index (χ0n) is 15.9. The van der Waals surface area contributed by atoms with Gasteiger partial charge in [0.05, 0.1) is 17.8 Å². The van der Waals surface area contributed by atoms with Gasteiger partial charge in [-0.3, -0.25) is 9.78 Å². The Labute approximate surface area is 168 Å². The lowest BCUT2D eigenvalue weighted by Crippen LogP contribution is -2.42. The van der Waals surface area contributed by atoms with Gasteiger partial charge in [-0.2, -0.15) is 0 Å². The first-order valence-electron chi connectivity index (χ1n) is 9.66. The molecule has 2 saturated heterocycles. The highest BCUT2D eigenvalue weighted by Gasteiger charge is 2.51. The summed E-state index contributed by atoms with van der Waals surface area (Å²) in [6.07, 6.45) is 4.66. The molecule has 1 atom stereocenters. The molecule has 29 heavy (non-hydrogen) atoms. The van der Waals surface area contributed by atoms with Crippen LogP contribution in [0.4, 0.5) is 20.6 Å². The number of anilines is 2. The molecule has 3 amide bonds. The van der Waals surface area contributed by atoms with Crippen LogP contribution in [0.3, 0.4) is 0 Å². The molecular formula is C21H23FN4O3. The number of nitrogens with zero attached hydrogens (tertiary/aromatic N) is 2. The van der Waals surface area contributed by atoms with Crippen molar-refractivity contribution in [3.05, 3.63) is 54.6 Å². The molecule has 2 N–H and O–H groups in total. The second-order valence-electron chi connectivity index (χ2n) is 7.58. The average molecular weight is 398 g/mol. The number of hydrogen-bond acceptors (Lipinski definition) is 4. The number of pyridine rings is 1. The van der Waals surface area contributed by atoms with E-state index in [1.165, 1.54) is 12.1 Å². The third-order valence-electron chi connectivity index (χ3n) is 5.75. The molecule has 4 rings (SSSR count). The normalized spacial score (nSPS) is 20.4. The maximum Gasteiger partial charge on any atom is 0.321 e. The number of aromatic nitrogens is 1. The third-order valence-corrected chi connectivity index (χ3v) is 5.75. The predicted octanol–water partition coefficient (Wildman–Crippen LogP) is 3.12. The van der Waals surface area contributed by atoms with Crippen LogP contribution in [-0.2, 0) is 9.53 Å². The van der Waals surface area contributed by atoms with E-state index in [-0.39, 0.29) is 23.3 Å². The third kappa shape index (κ3) is 4.22. The topological polar surface area (TPSA) is 83.6 Å². The van der Waals surface area contributed by atoms with E-state index in [2.05, 4.69) is 15.6 Å². The highest BCUT2D eigenvalue weighted by molar-refractivity contribution is 5.95. The fraction of sp³-hybridized carbons (Fsp3) is 0.381. The zero-order valence-corrected chi connectivity index (χ0v) is 15.9. The van der Waals surface area contributed by atoms with Crippen LogP contribution in [0.15, 0.2) is 48.8 Å². The van der Waals surface area contributed by atoms with E-state index in [4.69, 9.17) is 4.74 Å². The minimum atomic E-state index is -0.418. The number of urea groups is 1. The van der Waals surface area contributed by atoms with Crippen molar-refractivity contribution in [2.75, 3.05) is 36.9 Å². The molecule has 8 heteroatoms. The van der Waals surface area contributed by atoms with Crippen LogP contribution in [0.5, 0.6) is 0 Å². The highest BCUT2D eigenvalue weighted by atomic mass is 19.1. The minimum Gasteiger partial charge on any atom is -0.381 e. The first kappa shape index (κ1) is 19.3. The van der Waals surface area contributed by atoms with Crippen molar-refractivity contribution >= 4 is 23.3 Å². The molecule has 0 bridgehead atoms. The molecule has 2 aliphatic heterocycles. The molecule has 0 saturated carbocycles. The molecule has 0 radical (unpaired) electrons. The summed E-state index contributed by atoms with van der Waals surface area (Å²) in [6.45, 7) is 1.89. The van der Waals surface area contributed by atoms with E-state index in [9.17, 15) is 14.0 Å². The fourth-order valence-corrected chi connectivity index (χ4v) is 4.20. The molecular weight excluding hydrogens is 375 g/mol. The number of carbonyl (C=O) groups excluding carboxylic acids is 2. The molecule has 152 valence electrons. The average Bonchev–Trinajstić information content (AvgIpc) is 3.08. The van der Waals surface area contributed by atoms with Crippen molar-refractivity contribution in [3.63, 3.8) is 0 Å². The highest BCUT2D eigenvalue weighted by Crippen LogP contribution is 2.45.